The maximum Gasteiger partial charge on any atom is 0.408 e. The van der Waals surface area contributed by atoms with Gasteiger partial charge in [0.2, 0.25) is 11.8 Å². The maximum atomic E-state index is 14.0. The molecule has 7 nitrogen and oxygen atoms in total. The van der Waals surface area contributed by atoms with E-state index in [0.717, 1.165) is 43.2 Å². The number of amides is 3. The lowest BCUT2D eigenvalue weighted by Crippen LogP contribution is -2.53. The summed E-state index contributed by atoms with van der Waals surface area (Å²) in [4.78, 5) is 41.9. The molecule has 0 aromatic heterocycles. The lowest BCUT2D eigenvalue weighted by Gasteiger charge is -2.35. The first-order chi connectivity index (χ1) is 17.1. The highest BCUT2D eigenvalue weighted by Crippen LogP contribution is 2.26. The molecular weight excluding hydrogens is 474 g/mol. The molecule has 0 aliphatic heterocycles. The molecule has 0 aliphatic rings. The van der Waals surface area contributed by atoms with Crippen LogP contribution in [0.15, 0.2) is 24.3 Å². The van der Waals surface area contributed by atoms with E-state index in [0.29, 0.717) is 25.3 Å². The number of nitrogens with zero attached hydrogens (tertiary/aromatic N) is 1. The van der Waals surface area contributed by atoms with Crippen molar-refractivity contribution in [2.75, 3.05) is 25.1 Å². The van der Waals surface area contributed by atoms with E-state index < -0.39 is 23.8 Å². The van der Waals surface area contributed by atoms with Gasteiger partial charge in [0.15, 0.2) is 0 Å². The minimum absolute atomic E-state index is 0.189. The van der Waals surface area contributed by atoms with Crippen LogP contribution < -0.4 is 10.6 Å². The van der Waals surface area contributed by atoms with Gasteiger partial charge in [-0.3, -0.25) is 9.59 Å². The highest BCUT2D eigenvalue weighted by molar-refractivity contribution is 7.98. The zero-order valence-corrected chi connectivity index (χ0v) is 24.1. The summed E-state index contributed by atoms with van der Waals surface area (Å²) < 4.78 is 5.44. The lowest BCUT2D eigenvalue weighted by atomic mass is 9.97. The predicted octanol–water partition coefficient (Wildman–Crippen LogP) is 5.62. The van der Waals surface area contributed by atoms with Gasteiger partial charge in [-0.2, -0.15) is 11.8 Å². The molecule has 1 aromatic carbocycles. The second-order valence-electron chi connectivity index (χ2n) is 10.1. The van der Waals surface area contributed by atoms with Crippen molar-refractivity contribution in [3.05, 3.63) is 35.4 Å². The molecule has 0 bridgehead atoms. The molecule has 1 rings (SSSR count). The van der Waals surface area contributed by atoms with Crippen LogP contribution in [0.2, 0.25) is 0 Å². The number of hydrogen-bond donors (Lipinski definition) is 2. The summed E-state index contributed by atoms with van der Waals surface area (Å²) in [6.45, 7) is 12.5. The van der Waals surface area contributed by atoms with Crippen LogP contribution >= 0.6 is 11.8 Å². The van der Waals surface area contributed by atoms with Gasteiger partial charge in [-0.1, -0.05) is 57.4 Å². The Bertz CT molecular complexity index is 825. The number of carbonyl (C=O) groups excluding carboxylic acids is 3. The van der Waals surface area contributed by atoms with Gasteiger partial charge in [0, 0.05) is 13.1 Å². The van der Waals surface area contributed by atoms with Crippen LogP contribution in [0.5, 0.6) is 0 Å². The molecule has 3 amide bonds. The second kappa shape index (κ2) is 16.5. The van der Waals surface area contributed by atoms with E-state index in [1.807, 2.05) is 37.4 Å². The first-order valence-corrected chi connectivity index (χ1v) is 14.6. The van der Waals surface area contributed by atoms with Crippen LogP contribution in [0.25, 0.3) is 0 Å². The fraction of sp³-hybridized carbons (Fsp3) is 0.679. The van der Waals surface area contributed by atoms with E-state index in [1.54, 1.807) is 37.4 Å². The van der Waals surface area contributed by atoms with Gasteiger partial charge in [0.05, 0.1) is 0 Å². The van der Waals surface area contributed by atoms with Crippen molar-refractivity contribution in [1.82, 2.24) is 15.5 Å². The summed E-state index contributed by atoms with van der Waals surface area (Å²) in [5.41, 5.74) is 1.07. The second-order valence-corrected chi connectivity index (χ2v) is 11.1. The normalized spacial score (nSPS) is 13.0. The molecule has 36 heavy (non-hydrogen) atoms. The Balaban J connectivity index is 3.38. The number of hydrogen-bond acceptors (Lipinski definition) is 5. The van der Waals surface area contributed by atoms with Gasteiger partial charge in [-0.25, -0.2) is 4.79 Å². The van der Waals surface area contributed by atoms with E-state index in [-0.39, 0.29) is 11.8 Å². The quantitative estimate of drug-likeness (QED) is 0.293. The zero-order valence-electron chi connectivity index (χ0n) is 23.3. The van der Waals surface area contributed by atoms with E-state index in [2.05, 4.69) is 24.5 Å². The van der Waals surface area contributed by atoms with Gasteiger partial charge in [0.1, 0.15) is 17.7 Å². The van der Waals surface area contributed by atoms with Crippen LogP contribution in [-0.4, -0.2) is 59.5 Å². The van der Waals surface area contributed by atoms with E-state index in [1.165, 1.54) is 0 Å². The average molecular weight is 522 g/mol. The third kappa shape index (κ3) is 11.2. The first kappa shape index (κ1) is 31.8. The monoisotopic (exact) mass is 521 g/mol. The number of alkyl carbamates (subject to hydrolysis) is 1. The average Bonchev–Trinajstić information content (AvgIpc) is 2.81. The summed E-state index contributed by atoms with van der Waals surface area (Å²) in [5, 5.41) is 5.85. The van der Waals surface area contributed by atoms with Gasteiger partial charge in [0.25, 0.3) is 0 Å². The number of nitrogens with one attached hydrogen (secondary N) is 2. The van der Waals surface area contributed by atoms with Crippen molar-refractivity contribution in [2.45, 2.75) is 97.8 Å². The van der Waals surface area contributed by atoms with Crippen molar-refractivity contribution in [2.24, 2.45) is 0 Å². The van der Waals surface area contributed by atoms with Crippen LogP contribution in [0, 0.1) is 6.92 Å². The Hall–Kier alpha value is -2.22. The Morgan fingerprint density at radius 3 is 2.31 bits per heavy atom. The standard InChI is InChI=1S/C28H47N3O4S/c1-8-10-14-18-29-25(32)24(22-16-13-12-15-21(22)3)31(19-11-9-2)26(33)23(17-20-36-7)30-27(34)35-28(4,5)6/h12-13,15-16,23-24H,8-11,14,17-20H2,1-7H3,(H,29,32)(H,30,34). The summed E-state index contributed by atoms with van der Waals surface area (Å²) in [6.07, 6.45) is 6.38. The third-order valence-electron chi connectivity index (χ3n) is 5.76. The van der Waals surface area contributed by atoms with Gasteiger partial charge < -0.3 is 20.3 Å². The Labute approximate surface area is 222 Å². The van der Waals surface area contributed by atoms with Gasteiger partial charge in [-0.15, -0.1) is 0 Å². The van der Waals surface area contributed by atoms with Crippen LogP contribution in [0.4, 0.5) is 4.79 Å². The number of thioether (sulfide) groups is 1. The molecule has 1 aromatic rings. The van der Waals surface area contributed by atoms with Crippen molar-refractivity contribution in [3.63, 3.8) is 0 Å². The predicted molar refractivity (Wildman–Crippen MR) is 149 cm³/mol. The number of benzene rings is 1. The molecule has 0 heterocycles. The topological polar surface area (TPSA) is 87.7 Å². The maximum absolute atomic E-state index is 14.0. The van der Waals surface area contributed by atoms with Crippen molar-refractivity contribution in [1.29, 1.82) is 0 Å². The molecule has 0 spiro atoms. The Kier molecular flexibility index (Phi) is 14.6. The van der Waals surface area contributed by atoms with E-state index >= 15 is 0 Å². The minimum Gasteiger partial charge on any atom is -0.444 e. The molecular formula is C28H47N3O4S. The van der Waals surface area contributed by atoms with E-state index in [4.69, 9.17) is 4.74 Å². The summed E-state index contributed by atoms with van der Waals surface area (Å²) in [5.74, 6) is 0.234. The highest BCUT2D eigenvalue weighted by Gasteiger charge is 2.36. The van der Waals surface area contributed by atoms with Crippen molar-refractivity contribution < 1.29 is 19.1 Å². The molecule has 2 N–H and O–H groups in total. The van der Waals surface area contributed by atoms with Crippen LogP contribution in [0.1, 0.15) is 90.3 Å². The minimum atomic E-state index is -0.788. The molecule has 8 heteroatoms. The molecule has 2 atom stereocenters. The SMILES string of the molecule is CCCCCNC(=O)C(c1ccccc1C)N(CCCC)C(=O)C(CCSC)NC(=O)OC(C)(C)C. The highest BCUT2D eigenvalue weighted by atomic mass is 32.2. The lowest BCUT2D eigenvalue weighted by molar-refractivity contribution is -0.142. The number of carbonyl (C=O) groups is 3. The third-order valence-corrected chi connectivity index (χ3v) is 6.40. The molecule has 204 valence electrons. The Morgan fingerprint density at radius 1 is 1.06 bits per heavy atom. The Morgan fingerprint density at radius 2 is 1.72 bits per heavy atom. The number of unbranched alkanes of at least 4 members (excludes halogenated alkanes) is 3. The van der Waals surface area contributed by atoms with Crippen molar-refractivity contribution >= 4 is 29.7 Å². The van der Waals surface area contributed by atoms with Crippen molar-refractivity contribution in [3.8, 4) is 0 Å². The first-order valence-electron chi connectivity index (χ1n) is 13.2. The molecule has 0 saturated heterocycles. The number of ether oxygens (including phenoxy) is 1. The van der Waals surface area contributed by atoms with Gasteiger partial charge in [-0.05, 0) is 70.1 Å². The van der Waals surface area contributed by atoms with E-state index in [9.17, 15) is 14.4 Å². The molecule has 0 saturated carbocycles. The van der Waals surface area contributed by atoms with Crippen LogP contribution in [0.3, 0.4) is 0 Å². The smallest absolute Gasteiger partial charge is 0.408 e. The molecule has 0 aliphatic carbocycles. The van der Waals surface area contributed by atoms with Gasteiger partial charge >= 0.3 is 6.09 Å². The fourth-order valence-electron chi connectivity index (χ4n) is 3.87. The largest absolute Gasteiger partial charge is 0.444 e. The summed E-state index contributed by atoms with van der Waals surface area (Å²) in [6, 6.07) is 6.13. The zero-order chi connectivity index (χ0) is 27.1. The fourth-order valence-corrected chi connectivity index (χ4v) is 4.34. The molecule has 0 radical (unpaired) electrons. The molecule has 0 fully saturated rings. The number of rotatable bonds is 15. The summed E-state index contributed by atoms with van der Waals surface area (Å²) >= 11 is 1.60. The number of aryl methyl sites for hydroxylation is 1. The summed E-state index contributed by atoms with van der Waals surface area (Å²) in [7, 11) is 0. The van der Waals surface area contributed by atoms with Crippen LogP contribution in [-0.2, 0) is 14.3 Å². The molecule has 2 unspecified atom stereocenters.